The Morgan fingerprint density at radius 3 is 3.29 bits per heavy atom. The number of nitrogens with zero attached hydrogens (tertiary/aromatic N) is 2. The number of rotatable bonds is 4. The van der Waals surface area contributed by atoms with Crippen LogP contribution in [0.25, 0.3) is 5.65 Å². The summed E-state index contributed by atoms with van der Waals surface area (Å²) in [6.45, 7) is 3.67. The SMILES string of the molecule is c1ccn2cc(CNCC3CCOC3)nc2c1. The fourth-order valence-corrected chi connectivity index (χ4v) is 2.22. The summed E-state index contributed by atoms with van der Waals surface area (Å²) in [5.74, 6) is 0.673. The molecule has 1 atom stereocenters. The number of aromatic nitrogens is 2. The molecule has 2 aromatic heterocycles. The highest BCUT2D eigenvalue weighted by atomic mass is 16.5. The first kappa shape index (κ1) is 10.7. The highest BCUT2D eigenvalue weighted by Crippen LogP contribution is 2.11. The Hall–Kier alpha value is -1.39. The average Bonchev–Trinajstić information content (AvgIpc) is 2.96. The van der Waals surface area contributed by atoms with E-state index < -0.39 is 0 Å². The number of hydrogen-bond acceptors (Lipinski definition) is 3. The number of fused-ring (bicyclic) bond motifs is 1. The van der Waals surface area contributed by atoms with E-state index in [0.29, 0.717) is 5.92 Å². The van der Waals surface area contributed by atoms with Gasteiger partial charge in [-0.25, -0.2) is 4.98 Å². The molecule has 1 unspecified atom stereocenters. The summed E-state index contributed by atoms with van der Waals surface area (Å²) < 4.78 is 7.40. The molecule has 1 aliphatic heterocycles. The maximum absolute atomic E-state index is 5.35. The first-order chi connectivity index (χ1) is 8.42. The third-order valence-electron chi connectivity index (χ3n) is 3.18. The van der Waals surface area contributed by atoms with Gasteiger partial charge in [0.2, 0.25) is 0 Å². The van der Waals surface area contributed by atoms with Crippen molar-refractivity contribution in [3.63, 3.8) is 0 Å². The Morgan fingerprint density at radius 2 is 2.47 bits per heavy atom. The van der Waals surface area contributed by atoms with Crippen LogP contribution in [0.2, 0.25) is 0 Å². The van der Waals surface area contributed by atoms with Gasteiger partial charge in [-0.05, 0) is 24.5 Å². The summed E-state index contributed by atoms with van der Waals surface area (Å²) in [6.07, 6.45) is 5.28. The van der Waals surface area contributed by atoms with Gasteiger partial charge < -0.3 is 14.5 Å². The zero-order valence-corrected chi connectivity index (χ0v) is 9.80. The Morgan fingerprint density at radius 1 is 1.47 bits per heavy atom. The Labute approximate surface area is 101 Å². The van der Waals surface area contributed by atoms with Gasteiger partial charge >= 0.3 is 0 Å². The number of imidazole rings is 1. The van der Waals surface area contributed by atoms with Crippen molar-refractivity contribution in [1.82, 2.24) is 14.7 Å². The Balaban J connectivity index is 1.57. The molecule has 0 saturated carbocycles. The van der Waals surface area contributed by atoms with E-state index in [2.05, 4.69) is 20.9 Å². The first-order valence-corrected chi connectivity index (χ1v) is 6.13. The molecule has 0 bridgehead atoms. The van der Waals surface area contributed by atoms with Crippen LogP contribution in [0.4, 0.5) is 0 Å². The van der Waals surface area contributed by atoms with Crippen molar-refractivity contribution in [2.24, 2.45) is 5.92 Å². The summed E-state index contributed by atoms with van der Waals surface area (Å²) in [7, 11) is 0. The van der Waals surface area contributed by atoms with Crippen molar-refractivity contribution >= 4 is 5.65 Å². The molecule has 0 aliphatic carbocycles. The van der Waals surface area contributed by atoms with Crippen molar-refractivity contribution in [3.05, 3.63) is 36.3 Å². The fraction of sp³-hybridized carbons (Fsp3) is 0.462. The number of ether oxygens (including phenoxy) is 1. The van der Waals surface area contributed by atoms with Crippen LogP contribution < -0.4 is 5.32 Å². The van der Waals surface area contributed by atoms with E-state index in [-0.39, 0.29) is 0 Å². The largest absolute Gasteiger partial charge is 0.381 e. The molecule has 1 fully saturated rings. The van der Waals surface area contributed by atoms with Crippen LogP contribution in [0, 0.1) is 5.92 Å². The van der Waals surface area contributed by atoms with E-state index in [1.54, 1.807) is 0 Å². The molecular weight excluding hydrogens is 214 g/mol. The predicted octanol–water partition coefficient (Wildman–Crippen LogP) is 1.46. The van der Waals surface area contributed by atoms with Crippen molar-refractivity contribution in [2.45, 2.75) is 13.0 Å². The summed E-state index contributed by atoms with van der Waals surface area (Å²) in [6, 6.07) is 6.05. The predicted molar refractivity (Wildman–Crippen MR) is 65.8 cm³/mol. The lowest BCUT2D eigenvalue weighted by atomic mass is 10.1. The van der Waals surface area contributed by atoms with Crippen molar-refractivity contribution < 1.29 is 4.74 Å². The minimum atomic E-state index is 0.673. The van der Waals surface area contributed by atoms with Crippen LogP contribution in [-0.4, -0.2) is 29.1 Å². The van der Waals surface area contributed by atoms with Crippen LogP contribution in [0.3, 0.4) is 0 Å². The molecular formula is C13H17N3O. The second kappa shape index (κ2) is 4.85. The lowest BCUT2D eigenvalue weighted by Gasteiger charge is -2.07. The number of pyridine rings is 1. The second-order valence-electron chi connectivity index (χ2n) is 4.56. The fourth-order valence-electron chi connectivity index (χ4n) is 2.22. The zero-order valence-electron chi connectivity index (χ0n) is 9.80. The standard InChI is InChI=1S/C13H17N3O/c1-2-5-16-9-12(15-13(16)3-1)8-14-7-11-4-6-17-10-11/h1-3,5,9,11,14H,4,6-8,10H2. The second-order valence-corrected chi connectivity index (χ2v) is 4.56. The molecule has 0 spiro atoms. The average molecular weight is 231 g/mol. The summed E-state index contributed by atoms with van der Waals surface area (Å²) >= 11 is 0. The van der Waals surface area contributed by atoms with E-state index in [1.165, 1.54) is 6.42 Å². The smallest absolute Gasteiger partial charge is 0.137 e. The molecule has 17 heavy (non-hydrogen) atoms. The quantitative estimate of drug-likeness (QED) is 0.865. The molecule has 0 radical (unpaired) electrons. The van der Waals surface area contributed by atoms with Crippen LogP contribution in [-0.2, 0) is 11.3 Å². The minimum Gasteiger partial charge on any atom is -0.381 e. The summed E-state index contributed by atoms with van der Waals surface area (Å²) in [5.41, 5.74) is 2.10. The highest BCUT2D eigenvalue weighted by Gasteiger charge is 2.14. The van der Waals surface area contributed by atoms with Gasteiger partial charge in [-0.3, -0.25) is 0 Å². The highest BCUT2D eigenvalue weighted by molar-refractivity contribution is 5.39. The maximum atomic E-state index is 5.35. The van der Waals surface area contributed by atoms with Crippen molar-refractivity contribution in [1.29, 1.82) is 0 Å². The van der Waals surface area contributed by atoms with Crippen LogP contribution in [0.5, 0.6) is 0 Å². The minimum absolute atomic E-state index is 0.673. The molecule has 3 rings (SSSR count). The summed E-state index contributed by atoms with van der Waals surface area (Å²) in [4.78, 5) is 4.55. The van der Waals surface area contributed by atoms with Crippen LogP contribution >= 0.6 is 0 Å². The monoisotopic (exact) mass is 231 g/mol. The molecule has 3 heterocycles. The molecule has 1 aliphatic rings. The molecule has 1 saturated heterocycles. The van der Waals surface area contributed by atoms with E-state index in [1.807, 2.05) is 24.4 Å². The van der Waals surface area contributed by atoms with Gasteiger partial charge in [-0.15, -0.1) is 0 Å². The van der Waals surface area contributed by atoms with E-state index in [9.17, 15) is 0 Å². The molecule has 2 aromatic rings. The molecule has 4 heteroatoms. The van der Waals surface area contributed by atoms with Crippen LogP contribution in [0.1, 0.15) is 12.1 Å². The van der Waals surface area contributed by atoms with E-state index >= 15 is 0 Å². The molecule has 0 amide bonds. The van der Waals surface area contributed by atoms with Crippen molar-refractivity contribution in [3.8, 4) is 0 Å². The first-order valence-electron chi connectivity index (χ1n) is 6.13. The normalized spacial score (nSPS) is 20.1. The van der Waals surface area contributed by atoms with E-state index in [4.69, 9.17) is 4.74 Å². The Kier molecular flexibility index (Phi) is 3.07. The lowest BCUT2D eigenvalue weighted by molar-refractivity contribution is 0.185. The van der Waals surface area contributed by atoms with Gasteiger partial charge in [0.05, 0.1) is 12.3 Å². The molecule has 90 valence electrons. The van der Waals surface area contributed by atoms with Gasteiger partial charge in [0, 0.05) is 32.1 Å². The molecule has 4 nitrogen and oxygen atoms in total. The van der Waals surface area contributed by atoms with Crippen LogP contribution in [0.15, 0.2) is 30.6 Å². The van der Waals surface area contributed by atoms with Gasteiger partial charge in [0.25, 0.3) is 0 Å². The van der Waals surface area contributed by atoms with E-state index in [0.717, 1.165) is 37.6 Å². The van der Waals surface area contributed by atoms with Gasteiger partial charge in [-0.1, -0.05) is 6.07 Å². The maximum Gasteiger partial charge on any atom is 0.137 e. The Bertz CT molecular complexity index is 455. The zero-order chi connectivity index (χ0) is 11.5. The third-order valence-corrected chi connectivity index (χ3v) is 3.18. The summed E-state index contributed by atoms with van der Waals surface area (Å²) in [5, 5.41) is 3.45. The third kappa shape index (κ3) is 2.48. The van der Waals surface area contributed by atoms with Gasteiger partial charge in [-0.2, -0.15) is 0 Å². The lowest BCUT2D eigenvalue weighted by Crippen LogP contribution is -2.22. The topological polar surface area (TPSA) is 38.6 Å². The molecule has 1 N–H and O–H groups in total. The van der Waals surface area contributed by atoms with Gasteiger partial charge in [0.1, 0.15) is 5.65 Å². The number of nitrogens with one attached hydrogen (secondary N) is 1. The van der Waals surface area contributed by atoms with Gasteiger partial charge in [0.15, 0.2) is 0 Å². The van der Waals surface area contributed by atoms with Crippen molar-refractivity contribution in [2.75, 3.05) is 19.8 Å². The number of hydrogen-bond donors (Lipinski definition) is 1. The molecule has 0 aromatic carbocycles.